The van der Waals surface area contributed by atoms with E-state index < -0.39 is 12.0 Å². The second kappa shape index (κ2) is 7.85. The summed E-state index contributed by atoms with van der Waals surface area (Å²) in [5, 5.41) is 11.4. The summed E-state index contributed by atoms with van der Waals surface area (Å²) in [5.74, 6) is 3.81. The Bertz CT molecular complexity index is 414. The zero-order valence-electron chi connectivity index (χ0n) is 10.9. The van der Waals surface area contributed by atoms with Crippen LogP contribution in [0.15, 0.2) is 6.07 Å². The Kier molecular flexibility index (Phi) is 6.46. The minimum atomic E-state index is -4.62. The number of nitrogens with one attached hydrogen (secondary N) is 2. The summed E-state index contributed by atoms with van der Waals surface area (Å²) >= 11 is 0. The van der Waals surface area contributed by atoms with Gasteiger partial charge in [-0.15, -0.1) is 0 Å². The highest BCUT2D eigenvalue weighted by Crippen LogP contribution is 2.28. The molecule has 1 rings (SSSR count). The van der Waals surface area contributed by atoms with Crippen molar-refractivity contribution in [1.29, 1.82) is 0 Å². The van der Waals surface area contributed by atoms with E-state index in [0.717, 1.165) is 25.7 Å². The van der Waals surface area contributed by atoms with Crippen LogP contribution in [0.5, 0.6) is 0 Å². The number of rotatable bonds is 8. The predicted octanol–water partition coefficient (Wildman–Crippen LogP) is 1.75. The van der Waals surface area contributed by atoms with E-state index in [4.69, 9.17) is 10.9 Å². The van der Waals surface area contributed by atoms with Crippen LogP contribution < -0.4 is 16.6 Å². The maximum atomic E-state index is 12.6. The van der Waals surface area contributed by atoms with Crippen LogP contribution in [0.3, 0.4) is 0 Å². The van der Waals surface area contributed by atoms with Gasteiger partial charge in [0.15, 0.2) is 0 Å². The standard InChI is InChI=1S/C11H18F3N5O/c12-11(13,14)10-17-8(7-9(18-10)19-15)16-5-3-1-2-4-6-20/h7,20H,1-6,15H2,(H2,16,17,18,19). The first kappa shape index (κ1) is 16.4. The number of nitrogens with two attached hydrogens (primary N) is 1. The fourth-order valence-electron chi connectivity index (χ4n) is 1.55. The van der Waals surface area contributed by atoms with Gasteiger partial charge in [-0.05, 0) is 12.8 Å². The molecule has 1 heterocycles. The minimum Gasteiger partial charge on any atom is -0.396 e. The summed E-state index contributed by atoms with van der Waals surface area (Å²) in [7, 11) is 0. The molecule has 0 amide bonds. The van der Waals surface area contributed by atoms with Crippen LogP contribution in [0.2, 0.25) is 0 Å². The molecular formula is C11H18F3N5O. The molecule has 0 saturated carbocycles. The number of aliphatic hydroxyl groups excluding tert-OH is 1. The first-order valence-corrected chi connectivity index (χ1v) is 6.25. The number of nitrogen functional groups attached to an aromatic ring is 1. The van der Waals surface area contributed by atoms with Gasteiger partial charge in [0.2, 0.25) is 5.82 Å². The Hall–Kier alpha value is -1.61. The zero-order valence-corrected chi connectivity index (χ0v) is 10.9. The van der Waals surface area contributed by atoms with E-state index in [1.165, 1.54) is 6.07 Å². The average Bonchev–Trinajstić information content (AvgIpc) is 2.41. The normalized spacial score (nSPS) is 11.4. The molecule has 9 heteroatoms. The molecule has 0 bridgehead atoms. The third-order valence-electron chi connectivity index (χ3n) is 2.52. The summed E-state index contributed by atoms with van der Waals surface area (Å²) in [6.07, 6.45) is -1.35. The summed E-state index contributed by atoms with van der Waals surface area (Å²) in [6.45, 7) is 0.642. The molecule has 0 unspecified atom stereocenters. The number of nitrogens with zero attached hydrogens (tertiary/aromatic N) is 2. The molecular weight excluding hydrogens is 275 g/mol. The lowest BCUT2D eigenvalue weighted by Gasteiger charge is -2.11. The van der Waals surface area contributed by atoms with Crippen molar-refractivity contribution in [2.45, 2.75) is 31.9 Å². The number of hydrogen-bond acceptors (Lipinski definition) is 6. The summed E-state index contributed by atoms with van der Waals surface area (Å²) in [6, 6.07) is 1.31. The lowest BCUT2D eigenvalue weighted by molar-refractivity contribution is -0.144. The number of halogens is 3. The van der Waals surface area contributed by atoms with Gasteiger partial charge in [0, 0.05) is 19.2 Å². The van der Waals surface area contributed by atoms with Crippen LogP contribution in [0.1, 0.15) is 31.5 Å². The van der Waals surface area contributed by atoms with Crippen molar-refractivity contribution in [3.05, 3.63) is 11.9 Å². The number of alkyl halides is 3. The van der Waals surface area contributed by atoms with Crippen LogP contribution in [-0.2, 0) is 6.18 Å². The van der Waals surface area contributed by atoms with E-state index in [2.05, 4.69) is 20.7 Å². The predicted molar refractivity (Wildman–Crippen MR) is 68.9 cm³/mol. The Morgan fingerprint density at radius 1 is 1.10 bits per heavy atom. The molecule has 0 saturated heterocycles. The summed E-state index contributed by atoms with van der Waals surface area (Å²) < 4.78 is 37.7. The third kappa shape index (κ3) is 5.57. The first-order valence-electron chi connectivity index (χ1n) is 6.25. The van der Waals surface area contributed by atoms with E-state index in [0.29, 0.717) is 6.54 Å². The van der Waals surface area contributed by atoms with Gasteiger partial charge < -0.3 is 15.8 Å². The van der Waals surface area contributed by atoms with E-state index in [1.807, 2.05) is 0 Å². The molecule has 0 radical (unpaired) electrons. The highest BCUT2D eigenvalue weighted by molar-refractivity contribution is 5.47. The number of anilines is 2. The minimum absolute atomic E-state index is 0.0717. The van der Waals surface area contributed by atoms with Gasteiger partial charge in [-0.2, -0.15) is 13.2 Å². The Morgan fingerprint density at radius 2 is 1.75 bits per heavy atom. The van der Waals surface area contributed by atoms with E-state index in [-0.39, 0.29) is 18.2 Å². The molecule has 20 heavy (non-hydrogen) atoms. The van der Waals surface area contributed by atoms with E-state index >= 15 is 0 Å². The van der Waals surface area contributed by atoms with Crippen molar-refractivity contribution in [3.63, 3.8) is 0 Å². The third-order valence-corrected chi connectivity index (χ3v) is 2.52. The molecule has 1 aromatic heterocycles. The van der Waals surface area contributed by atoms with Crippen LogP contribution >= 0.6 is 0 Å². The molecule has 1 aromatic rings. The molecule has 0 fully saturated rings. The maximum absolute atomic E-state index is 12.6. The van der Waals surface area contributed by atoms with Gasteiger partial charge in [-0.25, -0.2) is 15.8 Å². The molecule has 0 spiro atoms. The molecule has 0 aliphatic carbocycles. The molecule has 6 nitrogen and oxygen atoms in total. The van der Waals surface area contributed by atoms with Crippen LogP contribution in [0.25, 0.3) is 0 Å². The molecule has 114 valence electrons. The molecule has 0 aliphatic heterocycles. The monoisotopic (exact) mass is 293 g/mol. The fraction of sp³-hybridized carbons (Fsp3) is 0.636. The maximum Gasteiger partial charge on any atom is 0.451 e. The van der Waals surface area contributed by atoms with Crippen LogP contribution in [0, 0.1) is 0 Å². The van der Waals surface area contributed by atoms with Crippen molar-refractivity contribution in [1.82, 2.24) is 9.97 Å². The summed E-state index contributed by atoms with van der Waals surface area (Å²) in [4.78, 5) is 6.66. The number of hydrogen-bond donors (Lipinski definition) is 4. The topological polar surface area (TPSA) is 96.1 Å². The lowest BCUT2D eigenvalue weighted by atomic mass is 10.2. The summed E-state index contributed by atoms with van der Waals surface area (Å²) in [5.41, 5.74) is 2.08. The van der Waals surface area contributed by atoms with Gasteiger partial charge in [-0.3, -0.25) is 0 Å². The van der Waals surface area contributed by atoms with Gasteiger partial charge in [-0.1, -0.05) is 12.8 Å². The van der Waals surface area contributed by atoms with E-state index in [1.54, 1.807) is 0 Å². The number of aliphatic hydroxyl groups is 1. The van der Waals surface area contributed by atoms with Gasteiger partial charge in [0.25, 0.3) is 0 Å². The highest BCUT2D eigenvalue weighted by Gasteiger charge is 2.35. The second-order valence-electron chi connectivity index (χ2n) is 4.17. The zero-order chi connectivity index (χ0) is 15.0. The molecule has 0 aromatic carbocycles. The van der Waals surface area contributed by atoms with Gasteiger partial charge >= 0.3 is 6.18 Å². The number of aromatic nitrogens is 2. The molecule has 0 atom stereocenters. The van der Waals surface area contributed by atoms with Crippen LogP contribution in [0.4, 0.5) is 24.8 Å². The molecule has 5 N–H and O–H groups in total. The van der Waals surface area contributed by atoms with Gasteiger partial charge in [0.05, 0.1) is 0 Å². The fourth-order valence-corrected chi connectivity index (χ4v) is 1.55. The van der Waals surface area contributed by atoms with E-state index in [9.17, 15) is 13.2 Å². The van der Waals surface area contributed by atoms with Crippen molar-refractivity contribution in [2.24, 2.45) is 5.84 Å². The second-order valence-corrected chi connectivity index (χ2v) is 4.17. The quantitative estimate of drug-likeness (QED) is 0.331. The Labute approximate surface area is 114 Å². The number of hydrazine groups is 1. The molecule has 0 aliphatic rings. The van der Waals surface area contributed by atoms with Crippen molar-refractivity contribution < 1.29 is 18.3 Å². The Balaban J connectivity index is 2.56. The Morgan fingerprint density at radius 3 is 2.35 bits per heavy atom. The lowest BCUT2D eigenvalue weighted by Crippen LogP contribution is -2.17. The smallest absolute Gasteiger partial charge is 0.396 e. The van der Waals surface area contributed by atoms with Crippen molar-refractivity contribution in [2.75, 3.05) is 23.9 Å². The largest absolute Gasteiger partial charge is 0.451 e. The van der Waals surface area contributed by atoms with Gasteiger partial charge in [0.1, 0.15) is 11.6 Å². The SMILES string of the molecule is NNc1cc(NCCCCCCO)nc(C(F)(F)F)n1. The van der Waals surface area contributed by atoms with Crippen molar-refractivity contribution >= 4 is 11.6 Å². The highest BCUT2D eigenvalue weighted by atomic mass is 19.4. The average molecular weight is 293 g/mol. The van der Waals surface area contributed by atoms with Crippen LogP contribution in [-0.4, -0.2) is 28.2 Å². The first-order chi connectivity index (χ1) is 9.47. The number of unbranched alkanes of at least 4 members (excludes halogenated alkanes) is 3. The van der Waals surface area contributed by atoms with Crippen molar-refractivity contribution in [3.8, 4) is 0 Å².